The average molecular weight is 337 g/mol. The number of anilines is 1. The summed E-state index contributed by atoms with van der Waals surface area (Å²) in [7, 11) is 0. The normalized spacial score (nSPS) is 18.1. The number of nitrogens with one attached hydrogen (secondary N) is 1. The fourth-order valence-corrected chi connectivity index (χ4v) is 2.87. The lowest BCUT2D eigenvalue weighted by molar-refractivity contribution is -0.121. The van der Waals surface area contributed by atoms with E-state index in [0.29, 0.717) is 12.3 Å². The van der Waals surface area contributed by atoms with Crippen LogP contribution in [0.15, 0.2) is 41.4 Å². The minimum absolute atomic E-state index is 0.130. The molecular weight excluding hydrogens is 316 g/mol. The van der Waals surface area contributed by atoms with E-state index in [2.05, 4.69) is 50.9 Å². The first-order chi connectivity index (χ1) is 9.69. The van der Waals surface area contributed by atoms with Gasteiger partial charge in [-0.15, -0.1) is 6.58 Å². The minimum Gasteiger partial charge on any atom is -0.371 e. The Kier molecular flexibility index (Phi) is 5.65. The SMILES string of the molecule is C=CCCC(=O)NC[C@H]1CCN(c2cccc(Br)c2)C1. The van der Waals surface area contributed by atoms with Crippen molar-refractivity contribution in [1.29, 1.82) is 0 Å². The van der Waals surface area contributed by atoms with Crippen LogP contribution >= 0.6 is 15.9 Å². The van der Waals surface area contributed by atoms with Crippen LogP contribution in [-0.2, 0) is 4.79 Å². The molecule has 1 N–H and O–H groups in total. The number of allylic oxidation sites excluding steroid dienone is 1. The second kappa shape index (κ2) is 7.48. The Morgan fingerprint density at radius 3 is 3.15 bits per heavy atom. The van der Waals surface area contributed by atoms with Gasteiger partial charge in [0.15, 0.2) is 0 Å². The summed E-state index contributed by atoms with van der Waals surface area (Å²) < 4.78 is 1.11. The summed E-state index contributed by atoms with van der Waals surface area (Å²) in [6.45, 7) is 6.48. The topological polar surface area (TPSA) is 32.3 Å². The number of carbonyl (C=O) groups is 1. The van der Waals surface area contributed by atoms with Crippen molar-refractivity contribution in [3.05, 3.63) is 41.4 Å². The number of hydrogen-bond acceptors (Lipinski definition) is 2. The standard InChI is InChI=1S/C16H21BrN2O/c1-2-3-7-16(20)18-11-13-8-9-19(12-13)15-6-4-5-14(17)10-15/h2,4-6,10,13H,1,3,7-9,11-12H2,(H,18,20)/t13-/m1/s1. The Morgan fingerprint density at radius 1 is 1.55 bits per heavy atom. The quantitative estimate of drug-likeness (QED) is 0.808. The van der Waals surface area contributed by atoms with Crippen LogP contribution in [0.3, 0.4) is 0 Å². The third-order valence-electron chi connectivity index (χ3n) is 3.62. The monoisotopic (exact) mass is 336 g/mol. The summed E-state index contributed by atoms with van der Waals surface area (Å²) in [5, 5.41) is 3.02. The van der Waals surface area contributed by atoms with E-state index in [-0.39, 0.29) is 5.91 Å². The van der Waals surface area contributed by atoms with E-state index < -0.39 is 0 Å². The number of nitrogens with zero attached hydrogens (tertiary/aromatic N) is 1. The second-order valence-electron chi connectivity index (χ2n) is 5.21. The molecule has 108 valence electrons. The van der Waals surface area contributed by atoms with E-state index in [1.54, 1.807) is 6.08 Å². The van der Waals surface area contributed by atoms with E-state index in [1.807, 2.05) is 6.07 Å². The highest BCUT2D eigenvalue weighted by atomic mass is 79.9. The van der Waals surface area contributed by atoms with E-state index in [1.165, 1.54) is 5.69 Å². The number of amides is 1. The van der Waals surface area contributed by atoms with Crippen molar-refractivity contribution in [2.75, 3.05) is 24.5 Å². The zero-order valence-corrected chi connectivity index (χ0v) is 13.2. The smallest absolute Gasteiger partial charge is 0.220 e. The number of rotatable bonds is 6. The highest BCUT2D eigenvalue weighted by molar-refractivity contribution is 9.10. The van der Waals surface area contributed by atoms with Crippen LogP contribution in [0.5, 0.6) is 0 Å². The molecule has 1 fully saturated rings. The Bertz CT molecular complexity index is 475. The van der Waals surface area contributed by atoms with Crippen LogP contribution in [0.1, 0.15) is 19.3 Å². The second-order valence-corrected chi connectivity index (χ2v) is 6.13. The Morgan fingerprint density at radius 2 is 2.40 bits per heavy atom. The lowest BCUT2D eigenvalue weighted by Gasteiger charge is -2.19. The number of hydrogen-bond donors (Lipinski definition) is 1. The number of halogens is 1. The van der Waals surface area contributed by atoms with Gasteiger partial charge in [0.05, 0.1) is 0 Å². The van der Waals surface area contributed by atoms with Gasteiger partial charge in [-0.2, -0.15) is 0 Å². The predicted molar refractivity (Wildman–Crippen MR) is 86.9 cm³/mol. The molecule has 0 saturated carbocycles. The molecule has 1 aliphatic heterocycles. The highest BCUT2D eigenvalue weighted by Crippen LogP contribution is 2.25. The van der Waals surface area contributed by atoms with Crippen molar-refractivity contribution < 1.29 is 4.79 Å². The maximum Gasteiger partial charge on any atom is 0.220 e. The zero-order valence-electron chi connectivity index (χ0n) is 11.6. The minimum atomic E-state index is 0.130. The van der Waals surface area contributed by atoms with Gasteiger partial charge >= 0.3 is 0 Å². The van der Waals surface area contributed by atoms with Crippen molar-refractivity contribution >= 4 is 27.5 Å². The van der Waals surface area contributed by atoms with Crippen molar-refractivity contribution in [1.82, 2.24) is 5.32 Å². The molecule has 1 amide bonds. The van der Waals surface area contributed by atoms with Crippen molar-refractivity contribution in [3.63, 3.8) is 0 Å². The first-order valence-electron chi connectivity index (χ1n) is 7.07. The molecule has 20 heavy (non-hydrogen) atoms. The van der Waals surface area contributed by atoms with E-state index in [9.17, 15) is 4.79 Å². The number of carbonyl (C=O) groups excluding carboxylic acids is 1. The molecule has 1 aromatic rings. The fourth-order valence-electron chi connectivity index (χ4n) is 2.49. The molecule has 1 atom stereocenters. The maximum atomic E-state index is 11.6. The maximum absolute atomic E-state index is 11.6. The third kappa shape index (κ3) is 4.37. The highest BCUT2D eigenvalue weighted by Gasteiger charge is 2.23. The van der Waals surface area contributed by atoms with Gasteiger partial charge < -0.3 is 10.2 Å². The first kappa shape index (κ1) is 15.1. The Labute approximate surface area is 129 Å². The summed E-state index contributed by atoms with van der Waals surface area (Å²) in [6.07, 6.45) is 4.21. The van der Waals surface area contributed by atoms with E-state index >= 15 is 0 Å². The lowest BCUT2D eigenvalue weighted by atomic mass is 10.1. The summed E-state index contributed by atoms with van der Waals surface area (Å²) in [4.78, 5) is 14.0. The van der Waals surface area contributed by atoms with Crippen LogP contribution in [-0.4, -0.2) is 25.5 Å². The molecule has 1 aliphatic rings. The van der Waals surface area contributed by atoms with Gasteiger partial charge in [0.25, 0.3) is 0 Å². The van der Waals surface area contributed by atoms with Crippen LogP contribution in [0, 0.1) is 5.92 Å². The average Bonchev–Trinajstić information content (AvgIpc) is 2.92. The van der Waals surface area contributed by atoms with E-state index in [4.69, 9.17) is 0 Å². The fraction of sp³-hybridized carbons (Fsp3) is 0.438. The molecule has 1 saturated heterocycles. The molecule has 0 spiro atoms. The van der Waals surface area contributed by atoms with Gasteiger partial charge in [0.2, 0.25) is 5.91 Å². The van der Waals surface area contributed by atoms with Gasteiger partial charge in [-0.25, -0.2) is 0 Å². The molecule has 0 unspecified atom stereocenters. The number of benzene rings is 1. The van der Waals surface area contributed by atoms with Gasteiger partial charge in [-0.05, 0) is 37.0 Å². The van der Waals surface area contributed by atoms with Crippen LogP contribution in [0.2, 0.25) is 0 Å². The molecule has 0 bridgehead atoms. The van der Waals surface area contributed by atoms with E-state index in [0.717, 1.165) is 36.9 Å². The molecule has 3 nitrogen and oxygen atoms in total. The van der Waals surface area contributed by atoms with Crippen LogP contribution < -0.4 is 10.2 Å². The molecule has 2 rings (SSSR count). The first-order valence-corrected chi connectivity index (χ1v) is 7.86. The van der Waals surface area contributed by atoms with Crippen LogP contribution in [0.25, 0.3) is 0 Å². The Hall–Kier alpha value is -1.29. The largest absolute Gasteiger partial charge is 0.371 e. The zero-order chi connectivity index (χ0) is 14.4. The summed E-state index contributed by atoms with van der Waals surface area (Å²) in [5.41, 5.74) is 1.25. The predicted octanol–water partition coefficient (Wildman–Crippen LogP) is 3.36. The third-order valence-corrected chi connectivity index (χ3v) is 4.12. The summed E-state index contributed by atoms with van der Waals surface area (Å²) >= 11 is 3.51. The van der Waals surface area contributed by atoms with Gasteiger partial charge in [-0.3, -0.25) is 4.79 Å². The van der Waals surface area contributed by atoms with Crippen molar-refractivity contribution in [2.45, 2.75) is 19.3 Å². The van der Waals surface area contributed by atoms with Crippen molar-refractivity contribution in [2.24, 2.45) is 5.92 Å². The van der Waals surface area contributed by atoms with Gasteiger partial charge in [-0.1, -0.05) is 28.1 Å². The Balaban J connectivity index is 1.78. The molecular formula is C16H21BrN2O. The molecule has 0 aromatic heterocycles. The van der Waals surface area contributed by atoms with Gasteiger partial charge in [0.1, 0.15) is 0 Å². The van der Waals surface area contributed by atoms with Crippen LogP contribution in [0.4, 0.5) is 5.69 Å². The molecule has 0 radical (unpaired) electrons. The molecule has 1 heterocycles. The summed E-state index contributed by atoms with van der Waals surface area (Å²) in [6, 6.07) is 8.38. The molecule has 4 heteroatoms. The molecule has 1 aromatic carbocycles. The molecule has 0 aliphatic carbocycles. The van der Waals surface area contributed by atoms with Crippen molar-refractivity contribution in [3.8, 4) is 0 Å². The lowest BCUT2D eigenvalue weighted by Crippen LogP contribution is -2.30. The van der Waals surface area contributed by atoms with Gasteiger partial charge in [0, 0.05) is 36.2 Å². The summed E-state index contributed by atoms with van der Waals surface area (Å²) in [5.74, 6) is 0.674.